The Hall–Kier alpha value is -1.72. The van der Waals surface area contributed by atoms with Crippen LogP contribution < -0.4 is 0 Å². The lowest BCUT2D eigenvalue weighted by molar-refractivity contribution is 0.0461. The highest BCUT2D eigenvalue weighted by molar-refractivity contribution is 9.10. The molecule has 1 fully saturated rings. The zero-order valence-electron chi connectivity index (χ0n) is 13.2. The number of halogens is 2. The Labute approximate surface area is 149 Å². The lowest BCUT2D eigenvalue weighted by atomic mass is 9.87. The topological polar surface area (TPSA) is 40.5 Å². The van der Waals surface area contributed by atoms with Gasteiger partial charge < -0.3 is 10.0 Å². The zero-order chi connectivity index (χ0) is 17.1. The molecule has 24 heavy (non-hydrogen) atoms. The fourth-order valence-electron chi connectivity index (χ4n) is 3.17. The number of carbonyl (C=O) groups is 1. The summed E-state index contributed by atoms with van der Waals surface area (Å²) in [4.78, 5) is 14.4. The van der Waals surface area contributed by atoms with Crippen LogP contribution in [0.1, 0.15) is 34.9 Å². The number of nitrogens with zero attached hydrogens (tertiary/aromatic N) is 1. The van der Waals surface area contributed by atoms with Crippen LogP contribution in [0.4, 0.5) is 4.39 Å². The van der Waals surface area contributed by atoms with E-state index >= 15 is 0 Å². The van der Waals surface area contributed by atoms with Crippen LogP contribution in [0.3, 0.4) is 0 Å². The van der Waals surface area contributed by atoms with Crippen molar-refractivity contribution in [1.29, 1.82) is 0 Å². The molecule has 0 spiro atoms. The number of likely N-dealkylation sites (tertiary alicyclic amines) is 1. The standard InChI is InChI=1S/C19H19BrFNO2/c20-17-12-15(21)6-7-16(17)19(24)22-10-8-14(9-11-22)18(23)13-4-2-1-3-5-13/h1-7,12,14,18,23H,8-11H2. The Kier molecular flexibility index (Phi) is 5.31. The number of aliphatic hydroxyl groups excluding tert-OH is 1. The van der Waals surface area contributed by atoms with Crippen LogP contribution in [-0.2, 0) is 0 Å². The molecule has 0 aromatic heterocycles. The van der Waals surface area contributed by atoms with Crippen molar-refractivity contribution in [3.63, 3.8) is 0 Å². The molecule has 1 amide bonds. The normalized spacial score (nSPS) is 16.9. The van der Waals surface area contributed by atoms with Crippen molar-refractivity contribution in [1.82, 2.24) is 4.90 Å². The van der Waals surface area contributed by atoms with Gasteiger partial charge in [-0.3, -0.25) is 4.79 Å². The molecule has 5 heteroatoms. The quantitative estimate of drug-likeness (QED) is 0.852. The summed E-state index contributed by atoms with van der Waals surface area (Å²) >= 11 is 3.25. The van der Waals surface area contributed by atoms with Crippen LogP contribution >= 0.6 is 15.9 Å². The van der Waals surface area contributed by atoms with E-state index in [4.69, 9.17) is 0 Å². The van der Waals surface area contributed by atoms with E-state index in [9.17, 15) is 14.3 Å². The van der Waals surface area contributed by atoms with E-state index < -0.39 is 6.10 Å². The Morgan fingerprint density at radius 2 is 1.83 bits per heavy atom. The summed E-state index contributed by atoms with van der Waals surface area (Å²) in [7, 11) is 0. The van der Waals surface area contributed by atoms with Crippen molar-refractivity contribution in [2.75, 3.05) is 13.1 Å². The number of benzene rings is 2. The predicted molar refractivity (Wildman–Crippen MR) is 94.1 cm³/mol. The lowest BCUT2D eigenvalue weighted by Gasteiger charge is -2.34. The summed E-state index contributed by atoms with van der Waals surface area (Å²) in [5.41, 5.74) is 1.39. The Balaban J connectivity index is 1.63. The van der Waals surface area contributed by atoms with Gasteiger partial charge in [0, 0.05) is 17.6 Å². The molecule has 3 nitrogen and oxygen atoms in total. The highest BCUT2D eigenvalue weighted by Gasteiger charge is 2.29. The Morgan fingerprint density at radius 3 is 2.46 bits per heavy atom. The van der Waals surface area contributed by atoms with Crippen LogP contribution in [0, 0.1) is 11.7 Å². The molecule has 3 rings (SSSR count). The van der Waals surface area contributed by atoms with Crippen molar-refractivity contribution >= 4 is 21.8 Å². The molecule has 1 heterocycles. The minimum Gasteiger partial charge on any atom is -0.388 e. The second kappa shape index (κ2) is 7.45. The molecule has 0 radical (unpaired) electrons. The van der Waals surface area contributed by atoms with Crippen molar-refractivity contribution in [2.45, 2.75) is 18.9 Å². The molecule has 1 atom stereocenters. The molecule has 1 N–H and O–H groups in total. The van der Waals surface area contributed by atoms with Crippen LogP contribution in [0.25, 0.3) is 0 Å². The molecule has 1 aliphatic heterocycles. The third-order valence-electron chi connectivity index (χ3n) is 4.58. The predicted octanol–water partition coefficient (Wildman–Crippen LogP) is 4.17. The second-order valence-corrected chi connectivity index (χ2v) is 6.96. The molecule has 0 aliphatic carbocycles. The number of hydrogen-bond acceptors (Lipinski definition) is 2. The molecular weight excluding hydrogens is 373 g/mol. The van der Waals surface area contributed by atoms with Gasteiger partial charge in [-0.25, -0.2) is 4.39 Å². The van der Waals surface area contributed by atoms with Crippen molar-refractivity contribution in [3.05, 3.63) is 69.9 Å². The van der Waals surface area contributed by atoms with Gasteiger partial charge in [0.1, 0.15) is 5.82 Å². The molecular formula is C19H19BrFNO2. The Bertz CT molecular complexity index is 715. The average Bonchev–Trinajstić information content (AvgIpc) is 2.61. The van der Waals surface area contributed by atoms with Crippen LogP contribution in [0.2, 0.25) is 0 Å². The number of piperidine rings is 1. The third-order valence-corrected chi connectivity index (χ3v) is 5.23. The zero-order valence-corrected chi connectivity index (χ0v) is 14.7. The fourth-order valence-corrected chi connectivity index (χ4v) is 3.69. The first-order valence-electron chi connectivity index (χ1n) is 8.03. The van der Waals surface area contributed by atoms with E-state index in [2.05, 4.69) is 15.9 Å². The maximum atomic E-state index is 13.2. The largest absolute Gasteiger partial charge is 0.388 e. The number of aliphatic hydroxyl groups is 1. The molecule has 0 saturated carbocycles. The first kappa shape index (κ1) is 17.1. The fraction of sp³-hybridized carbons (Fsp3) is 0.316. The van der Waals surface area contributed by atoms with E-state index in [1.807, 2.05) is 30.3 Å². The molecule has 1 unspecified atom stereocenters. The molecule has 2 aromatic carbocycles. The lowest BCUT2D eigenvalue weighted by Crippen LogP contribution is -2.39. The average molecular weight is 392 g/mol. The van der Waals surface area contributed by atoms with Crippen LogP contribution in [0.15, 0.2) is 53.0 Å². The van der Waals surface area contributed by atoms with Gasteiger partial charge in [0.2, 0.25) is 0 Å². The van der Waals surface area contributed by atoms with Crippen molar-refractivity contribution in [3.8, 4) is 0 Å². The van der Waals surface area contributed by atoms with Crippen molar-refractivity contribution in [2.24, 2.45) is 5.92 Å². The van der Waals surface area contributed by atoms with Crippen LogP contribution in [0.5, 0.6) is 0 Å². The van der Waals surface area contributed by atoms with Gasteiger partial charge in [-0.05, 0) is 58.5 Å². The number of rotatable bonds is 3. The van der Waals surface area contributed by atoms with Gasteiger partial charge in [-0.2, -0.15) is 0 Å². The van der Waals surface area contributed by atoms with Gasteiger partial charge in [0.25, 0.3) is 5.91 Å². The molecule has 1 aliphatic rings. The third kappa shape index (κ3) is 3.68. The highest BCUT2D eigenvalue weighted by Crippen LogP contribution is 2.31. The molecule has 1 saturated heterocycles. The van der Waals surface area contributed by atoms with Gasteiger partial charge in [0.05, 0.1) is 11.7 Å². The SMILES string of the molecule is O=C(c1ccc(F)cc1Br)N1CCC(C(O)c2ccccc2)CC1. The van der Waals surface area contributed by atoms with Gasteiger partial charge in [-0.15, -0.1) is 0 Å². The van der Waals surface area contributed by atoms with E-state index in [0.29, 0.717) is 23.1 Å². The van der Waals surface area contributed by atoms with Gasteiger partial charge in [0.15, 0.2) is 0 Å². The summed E-state index contributed by atoms with van der Waals surface area (Å²) in [6, 6.07) is 13.7. The van der Waals surface area contributed by atoms with E-state index in [1.54, 1.807) is 4.90 Å². The van der Waals surface area contributed by atoms with Gasteiger partial charge in [-0.1, -0.05) is 30.3 Å². The van der Waals surface area contributed by atoms with Crippen LogP contribution in [-0.4, -0.2) is 29.0 Å². The number of carbonyl (C=O) groups excluding carboxylic acids is 1. The summed E-state index contributed by atoms with van der Waals surface area (Å²) in [6.07, 6.45) is 1.00. The minimum absolute atomic E-state index is 0.102. The molecule has 126 valence electrons. The molecule has 0 bridgehead atoms. The monoisotopic (exact) mass is 391 g/mol. The summed E-state index contributed by atoms with van der Waals surface area (Å²) in [5.74, 6) is -0.328. The summed E-state index contributed by atoms with van der Waals surface area (Å²) < 4.78 is 13.6. The smallest absolute Gasteiger partial charge is 0.255 e. The molecule has 2 aromatic rings. The van der Waals surface area contributed by atoms with Crippen molar-refractivity contribution < 1.29 is 14.3 Å². The second-order valence-electron chi connectivity index (χ2n) is 6.11. The first-order valence-corrected chi connectivity index (χ1v) is 8.83. The van der Waals surface area contributed by atoms with Gasteiger partial charge >= 0.3 is 0 Å². The maximum absolute atomic E-state index is 13.2. The summed E-state index contributed by atoms with van der Waals surface area (Å²) in [6.45, 7) is 1.19. The Morgan fingerprint density at radius 1 is 1.17 bits per heavy atom. The van der Waals surface area contributed by atoms with E-state index in [1.165, 1.54) is 18.2 Å². The summed E-state index contributed by atoms with van der Waals surface area (Å²) in [5, 5.41) is 10.5. The van der Waals surface area contributed by atoms with E-state index in [0.717, 1.165) is 18.4 Å². The number of amides is 1. The first-order chi connectivity index (χ1) is 11.6. The minimum atomic E-state index is -0.499. The number of hydrogen-bond donors (Lipinski definition) is 1. The van der Waals surface area contributed by atoms with E-state index in [-0.39, 0.29) is 17.6 Å². The highest BCUT2D eigenvalue weighted by atomic mass is 79.9. The maximum Gasteiger partial charge on any atom is 0.255 e.